The van der Waals surface area contributed by atoms with Gasteiger partial charge in [0.25, 0.3) is 0 Å². The van der Waals surface area contributed by atoms with Crippen molar-refractivity contribution in [2.75, 3.05) is 18.1 Å². The summed E-state index contributed by atoms with van der Waals surface area (Å²) < 4.78 is 12.5. The standard InChI is InChI=1S/C33H35N3O7/c1-20(2)31-32-29(40-17-16-37)18-28(19-30(32)41-33(31)22(4)35-43-24(6)39)36(26-10-8-7-9-11-26)27-14-12-25(13-15-27)21(3)34-42-23(5)38/h7-15,18-20,37H,16-17H2,1-6H3/b34-21-,35-22+. The lowest BCUT2D eigenvalue weighted by Crippen LogP contribution is -2.11. The number of fused-ring (bicyclic) bond motifs is 1. The van der Waals surface area contributed by atoms with Crippen LogP contribution < -0.4 is 9.64 Å². The molecule has 3 aromatic carbocycles. The zero-order chi connectivity index (χ0) is 31.1. The molecule has 10 nitrogen and oxygen atoms in total. The molecule has 0 bridgehead atoms. The van der Waals surface area contributed by atoms with Crippen LogP contribution in [0.25, 0.3) is 11.0 Å². The minimum atomic E-state index is -0.534. The van der Waals surface area contributed by atoms with Crippen molar-refractivity contribution in [2.24, 2.45) is 10.3 Å². The second-order valence-electron chi connectivity index (χ2n) is 10.1. The normalized spacial score (nSPS) is 12.0. The Morgan fingerprint density at radius 2 is 1.44 bits per heavy atom. The number of aliphatic hydroxyl groups is 1. The maximum absolute atomic E-state index is 11.4. The van der Waals surface area contributed by atoms with Crippen molar-refractivity contribution < 1.29 is 33.5 Å². The average molecular weight is 586 g/mol. The van der Waals surface area contributed by atoms with Gasteiger partial charge < -0.3 is 28.8 Å². The van der Waals surface area contributed by atoms with Crippen molar-refractivity contribution in [1.29, 1.82) is 0 Å². The van der Waals surface area contributed by atoms with E-state index in [1.807, 2.05) is 85.5 Å². The number of carbonyl (C=O) groups is 2. The third-order valence-electron chi connectivity index (χ3n) is 6.47. The van der Waals surface area contributed by atoms with E-state index in [9.17, 15) is 14.7 Å². The Bertz CT molecular complexity index is 1660. The van der Waals surface area contributed by atoms with Crippen LogP contribution in [0.3, 0.4) is 0 Å². The Kier molecular flexibility index (Phi) is 9.95. The largest absolute Gasteiger partial charge is 0.490 e. The summed E-state index contributed by atoms with van der Waals surface area (Å²) in [5.41, 5.74) is 5.62. The van der Waals surface area contributed by atoms with E-state index in [0.29, 0.717) is 28.5 Å². The molecule has 1 N–H and O–H groups in total. The summed E-state index contributed by atoms with van der Waals surface area (Å²) in [5.74, 6) is -0.00266. The van der Waals surface area contributed by atoms with E-state index < -0.39 is 11.9 Å². The Hall–Kier alpha value is -4.96. The molecule has 4 aromatic rings. The van der Waals surface area contributed by atoms with Gasteiger partial charge in [-0.05, 0) is 49.6 Å². The van der Waals surface area contributed by atoms with Crippen LogP contribution in [0.5, 0.6) is 5.75 Å². The van der Waals surface area contributed by atoms with Crippen LogP contribution in [0.2, 0.25) is 0 Å². The Morgan fingerprint density at radius 3 is 2.02 bits per heavy atom. The lowest BCUT2D eigenvalue weighted by atomic mass is 9.97. The predicted octanol–water partition coefficient (Wildman–Crippen LogP) is 6.97. The number of benzene rings is 3. The number of hydrogen-bond acceptors (Lipinski definition) is 10. The maximum atomic E-state index is 11.4. The van der Waals surface area contributed by atoms with Crippen LogP contribution in [-0.4, -0.2) is 41.7 Å². The molecule has 4 rings (SSSR count). The molecule has 224 valence electrons. The molecule has 0 spiro atoms. The van der Waals surface area contributed by atoms with Crippen LogP contribution in [0, 0.1) is 0 Å². The summed E-state index contributed by atoms with van der Waals surface area (Å²) in [7, 11) is 0. The molecular weight excluding hydrogens is 550 g/mol. The van der Waals surface area contributed by atoms with E-state index in [-0.39, 0.29) is 19.1 Å². The van der Waals surface area contributed by atoms with Crippen molar-refractivity contribution in [3.05, 3.63) is 83.6 Å². The Morgan fingerprint density at radius 1 is 0.837 bits per heavy atom. The number of carbonyl (C=O) groups excluding carboxylic acids is 2. The van der Waals surface area contributed by atoms with Crippen molar-refractivity contribution in [3.8, 4) is 5.75 Å². The molecular formula is C33H35N3O7. The van der Waals surface area contributed by atoms with Gasteiger partial charge in [-0.2, -0.15) is 0 Å². The highest BCUT2D eigenvalue weighted by atomic mass is 16.7. The van der Waals surface area contributed by atoms with Gasteiger partial charge in [0.1, 0.15) is 23.7 Å². The summed E-state index contributed by atoms with van der Waals surface area (Å²) >= 11 is 0. The fraction of sp³-hybridized carbons (Fsp3) is 0.273. The molecule has 0 radical (unpaired) electrons. The van der Waals surface area contributed by atoms with Crippen LogP contribution in [0.1, 0.15) is 64.3 Å². The fourth-order valence-electron chi connectivity index (χ4n) is 4.65. The first-order valence-corrected chi connectivity index (χ1v) is 13.8. The molecule has 0 saturated carbocycles. The lowest BCUT2D eigenvalue weighted by molar-refractivity contribution is -0.141. The van der Waals surface area contributed by atoms with Gasteiger partial charge in [-0.1, -0.05) is 54.5 Å². The molecule has 0 aliphatic rings. The molecule has 10 heteroatoms. The van der Waals surface area contributed by atoms with Crippen LogP contribution >= 0.6 is 0 Å². The van der Waals surface area contributed by atoms with E-state index in [0.717, 1.165) is 33.6 Å². The number of oxime groups is 2. The van der Waals surface area contributed by atoms with E-state index in [1.54, 1.807) is 13.8 Å². The van der Waals surface area contributed by atoms with Gasteiger partial charge >= 0.3 is 11.9 Å². The maximum Gasteiger partial charge on any atom is 0.331 e. The monoisotopic (exact) mass is 585 g/mol. The molecule has 0 fully saturated rings. The van der Waals surface area contributed by atoms with E-state index in [1.165, 1.54) is 13.8 Å². The van der Waals surface area contributed by atoms with E-state index in [2.05, 4.69) is 10.3 Å². The number of hydrogen-bond donors (Lipinski definition) is 1. The van der Waals surface area contributed by atoms with Gasteiger partial charge in [-0.15, -0.1) is 0 Å². The molecule has 0 aliphatic heterocycles. The molecule has 0 aliphatic carbocycles. The predicted molar refractivity (Wildman–Crippen MR) is 166 cm³/mol. The number of anilines is 3. The molecule has 1 heterocycles. The van der Waals surface area contributed by atoms with Gasteiger partial charge in [-0.3, -0.25) is 0 Å². The number of rotatable bonds is 11. The zero-order valence-electron chi connectivity index (χ0n) is 25.1. The summed E-state index contributed by atoms with van der Waals surface area (Å²) in [6.45, 7) is 10.0. The molecule has 43 heavy (non-hydrogen) atoms. The number of aliphatic hydroxyl groups excluding tert-OH is 1. The third kappa shape index (κ3) is 7.28. The van der Waals surface area contributed by atoms with Crippen LogP contribution in [0.15, 0.2) is 81.5 Å². The molecule has 0 atom stereocenters. The highest BCUT2D eigenvalue weighted by Crippen LogP contribution is 2.44. The molecule has 0 saturated heterocycles. The summed E-state index contributed by atoms with van der Waals surface area (Å²) in [4.78, 5) is 34.3. The highest BCUT2D eigenvalue weighted by Gasteiger charge is 2.25. The SMILES string of the molecule is CC(=O)O/N=C(/C)c1ccc(N(c2ccccc2)c2cc(OCCO)c3c(C(C)C)c(/C(C)=N/OC(C)=O)oc3c2)cc1. The number of nitrogens with zero attached hydrogens (tertiary/aromatic N) is 3. The lowest BCUT2D eigenvalue weighted by Gasteiger charge is -2.26. The Balaban J connectivity index is 1.91. The van der Waals surface area contributed by atoms with Crippen molar-refractivity contribution >= 4 is 51.4 Å². The van der Waals surface area contributed by atoms with E-state index in [4.69, 9.17) is 18.8 Å². The van der Waals surface area contributed by atoms with E-state index >= 15 is 0 Å². The second kappa shape index (κ2) is 13.8. The van der Waals surface area contributed by atoms with Crippen LogP contribution in [-0.2, 0) is 19.3 Å². The van der Waals surface area contributed by atoms with Crippen molar-refractivity contribution in [3.63, 3.8) is 0 Å². The van der Waals surface area contributed by atoms with Gasteiger partial charge in [0, 0.05) is 42.9 Å². The minimum Gasteiger partial charge on any atom is -0.490 e. The van der Waals surface area contributed by atoms with Crippen LogP contribution in [0.4, 0.5) is 17.1 Å². The number of para-hydroxylation sites is 1. The molecule has 0 unspecified atom stereocenters. The van der Waals surface area contributed by atoms with Gasteiger partial charge in [0.15, 0.2) is 5.76 Å². The summed E-state index contributed by atoms with van der Waals surface area (Å²) in [5, 5.41) is 18.2. The number of furan rings is 1. The average Bonchev–Trinajstić information content (AvgIpc) is 3.39. The summed E-state index contributed by atoms with van der Waals surface area (Å²) in [6.07, 6.45) is 0. The summed E-state index contributed by atoms with van der Waals surface area (Å²) in [6, 6.07) is 21.3. The smallest absolute Gasteiger partial charge is 0.331 e. The minimum absolute atomic E-state index is 0.00992. The quantitative estimate of drug-likeness (QED) is 0.114. The first-order valence-electron chi connectivity index (χ1n) is 13.8. The fourth-order valence-corrected chi connectivity index (χ4v) is 4.65. The zero-order valence-corrected chi connectivity index (χ0v) is 25.1. The third-order valence-corrected chi connectivity index (χ3v) is 6.47. The van der Waals surface area contributed by atoms with Gasteiger partial charge in [0.05, 0.1) is 23.4 Å². The topological polar surface area (TPSA) is 123 Å². The highest BCUT2D eigenvalue weighted by molar-refractivity contribution is 6.05. The molecule has 1 aromatic heterocycles. The number of ether oxygens (including phenoxy) is 1. The van der Waals surface area contributed by atoms with Crippen molar-refractivity contribution in [2.45, 2.75) is 47.5 Å². The first-order chi connectivity index (χ1) is 20.6. The van der Waals surface area contributed by atoms with Gasteiger partial charge in [-0.25, -0.2) is 9.59 Å². The van der Waals surface area contributed by atoms with Gasteiger partial charge in [0.2, 0.25) is 0 Å². The molecule has 0 amide bonds. The second-order valence-corrected chi connectivity index (χ2v) is 10.1. The first kappa shape index (κ1) is 31.0. The van der Waals surface area contributed by atoms with Crippen molar-refractivity contribution in [1.82, 2.24) is 0 Å². The Labute approximate surface area is 250 Å².